The second-order valence-electron chi connectivity index (χ2n) is 3.82. The molecule has 0 saturated heterocycles. The van der Waals surface area contributed by atoms with Gasteiger partial charge in [-0.1, -0.05) is 0 Å². The van der Waals surface area contributed by atoms with Crippen molar-refractivity contribution in [2.24, 2.45) is 0 Å². The summed E-state index contributed by atoms with van der Waals surface area (Å²) < 4.78 is 0. The van der Waals surface area contributed by atoms with Crippen LogP contribution in [0.1, 0.15) is 16.7 Å². The van der Waals surface area contributed by atoms with E-state index in [0.29, 0.717) is 6.04 Å². The van der Waals surface area contributed by atoms with Gasteiger partial charge in [0.05, 0.1) is 0 Å². The van der Waals surface area contributed by atoms with Crippen molar-refractivity contribution in [1.82, 2.24) is 0 Å². The van der Waals surface area contributed by atoms with E-state index in [1.54, 1.807) is 0 Å². The van der Waals surface area contributed by atoms with Crippen molar-refractivity contribution in [3.05, 3.63) is 28.8 Å². The molecule has 1 aromatic rings. The summed E-state index contributed by atoms with van der Waals surface area (Å²) in [5, 5.41) is 4.62. The summed E-state index contributed by atoms with van der Waals surface area (Å²) in [5.74, 6) is 0. The molecule has 0 aromatic heterocycles. The van der Waals surface area contributed by atoms with Crippen LogP contribution in [0, 0.1) is 13.8 Å². The fraction of sp³-hybridized carbons (Fsp3) is 0.455. The molecule has 0 amide bonds. The zero-order valence-corrected chi connectivity index (χ0v) is 9.77. The first-order valence-electron chi connectivity index (χ1n) is 4.65. The zero-order valence-electron chi connectivity index (χ0n) is 8.05. The van der Waals surface area contributed by atoms with E-state index in [-0.39, 0.29) is 0 Å². The van der Waals surface area contributed by atoms with Crippen LogP contribution in [0.5, 0.6) is 0 Å². The Hall–Kier alpha value is -0.461. The third-order valence-corrected chi connectivity index (χ3v) is 3.47. The number of benzene rings is 1. The number of rotatable bonds is 1. The van der Waals surface area contributed by atoms with Crippen molar-refractivity contribution in [3.63, 3.8) is 0 Å². The van der Waals surface area contributed by atoms with Gasteiger partial charge in [-0.2, -0.15) is 0 Å². The number of anilines is 1. The molecule has 1 atom stereocenters. The summed E-state index contributed by atoms with van der Waals surface area (Å²) in [4.78, 5) is 0. The fourth-order valence-corrected chi connectivity index (χ4v) is 2.44. The number of hydrogen-bond donors (Lipinski definition) is 1. The molecule has 1 nitrogen and oxygen atoms in total. The van der Waals surface area contributed by atoms with Gasteiger partial charge in [-0.05, 0) is 0 Å². The first-order chi connectivity index (χ1) is 6.20. The van der Waals surface area contributed by atoms with Gasteiger partial charge in [0.25, 0.3) is 0 Å². The van der Waals surface area contributed by atoms with Crippen molar-refractivity contribution >= 4 is 21.7 Å². The first kappa shape index (κ1) is 9.11. The van der Waals surface area contributed by atoms with Gasteiger partial charge in [-0.25, -0.2) is 0 Å². The number of nitrogens with one attached hydrogen (secondary N) is 1. The molecule has 1 radical (unpaired) electrons. The molecule has 1 aromatic carbocycles. The molecular weight excluding hydrogens is 225 g/mol. The standard InChI is InChI=1S/C11H14NSe/c1-7-3-8(2)10-5-9(6-13)12-11(10)4-7/h3-4,9,12H,5-6H2,1-2H3. The Kier molecular flexibility index (Phi) is 2.35. The molecule has 1 aliphatic rings. The number of hydrogen-bond acceptors (Lipinski definition) is 1. The third kappa shape index (κ3) is 1.61. The zero-order chi connectivity index (χ0) is 9.42. The van der Waals surface area contributed by atoms with Gasteiger partial charge in [0, 0.05) is 0 Å². The third-order valence-electron chi connectivity index (χ3n) is 2.63. The van der Waals surface area contributed by atoms with Crippen molar-refractivity contribution < 1.29 is 0 Å². The maximum atomic E-state index is 3.53. The Morgan fingerprint density at radius 1 is 1.46 bits per heavy atom. The summed E-state index contributed by atoms with van der Waals surface area (Å²) in [7, 11) is 0. The average molecular weight is 239 g/mol. The second-order valence-corrected chi connectivity index (χ2v) is 4.52. The molecule has 0 bridgehead atoms. The van der Waals surface area contributed by atoms with Gasteiger partial charge in [0.1, 0.15) is 0 Å². The van der Waals surface area contributed by atoms with Crippen LogP contribution in [-0.4, -0.2) is 22.1 Å². The molecule has 1 unspecified atom stereocenters. The van der Waals surface area contributed by atoms with E-state index in [4.69, 9.17) is 0 Å². The Morgan fingerprint density at radius 3 is 2.92 bits per heavy atom. The maximum absolute atomic E-state index is 3.53. The second kappa shape index (κ2) is 3.36. The van der Waals surface area contributed by atoms with Crippen molar-refractivity contribution in [3.8, 4) is 0 Å². The van der Waals surface area contributed by atoms with Crippen LogP contribution in [0.15, 0.2) is 12.1 Å². The van der Waals surface area contributed by atoms with E-state index in [9.17, 15) is 0 Å². The van der Waals surface area contributed by atoms with Crippen LogP contribution < -0.4 is 5.32 Å². The summed E-state index contributed by atoms with van der Waals surface area (Å²) in [6.45, 7) is 4.36. The Bertz CT molecular complexity index is 333. The minimum absolute atomic E-state index is 0.607. The van der Waals surface area contributed by atoms with Gasteiger partial charge in [0.2, 0.25) is 0 Å². The Labute approximate surface area is 87.7 Å². The molecule has 69 valence electrons. The summed E-state index contributed by atoms with van der Waals surface area (Å²) in [6, 6.07) is 5.12. The van der Waals surface area contributed by atoms with E-state index in [1.165, 1.54) is 28.8 Å². The van der Waals surface area contributed by atoms with Crippen LogP contribution in [0.3, 0.4) is 0 Å². The quantitative estimate of drug-likeness (QED) is 0.741. The molecule has 2 heteroatoms. The summed E-state index contributed by atoms with van der Waals surface area (Å²) in [5.41, 5.74) is 5.63. The molecule has 1 heterocycles. The van der Waals surface area contributed by atoms with Gasteiger partial charge in [-0.15, -0.1) is 0 Å². The Balaban J connectivity index is 2.40. The monoisotopic (exact) mass is 240 g/mol. The van der Waals surface area contributed by atoms with Gasteiger partial charge >= 0.3 is 87.5 Å². The molecule has 0 aliphatic carbocycles. The molecule has 0 spiro atoms. The van der Waals surface area contributed by atoms with E-state index >= 15 is 0 Å². The van der Waals surface area contributed by atoms with Gasteiger partial charge in [0.15, 0.2) is 0 Å². The summed E-state index contributed by atoms with van der Waals surface area (Å²) >= 11 is 3.09. The molecule has 0 saturated carbocycles. The van der Waals surface area contributed by atoms with E-state index in [1.807, 2.05) is 0 Å². The SMILES string of the molecule is Cc1cc(C)c2c(c1)NC(C[Se])C2. The van der Waals surface area contributed by atoms with Crippen LogP contribution in [0.4, 0.5) is 5.69 Å². The predicted octanol–water partition coefficient (Wildman–Crippen LogP) is 2.23. The van der Waals surface area contributed by atoms with E-state index < -0.39 is 0 Å². The van der Waals surface area contributed by atoms with Gasteiger partial charge in [-0.3, -0.25) is 0 Å². The Morgan fingerprint density at radius 2 is 2.23 bits per heavy atom. The predicted molar refractivity (Wildman–Crippen MR) is 57.6 cm³/mol. The normalized spacial score (nSPS) is 19.8. The van der Waals surface area contributed by atoms with E-state index in [2.05, 4.69) is 47.3 Å². The molecule has 0 fully saturated rings. The number of fused-ring (bicyclic) bond motifs is 1. The average Bonchev–Trinajstić information content (AvgIpc) is 2.47. The summed E-state index contributed by atoms with van der Waals surface area (Å²) in [6.07, 6.45) is 1.18. The van der Waals surface area contributed by atoms with Crippen molar-refractivity contribution in [1.29, 1.82) is 0 Å². The van der Waals surface area contributed by atoms with Crippen molar-refractivity contribution in [2.75, 3.05) is 5.32 Å². The van der Waals surface area contributed by atoms with Crippen molar-refractivity contribution in [2.45, 2.75) is 31.6 Å². The molecule has 2 rings (SSSR count). The minimum atomic E-state index is 0.607. The van der Waals surface area contributed by atoms with Crippen LogP contribution in [0.2, 0.25) is 5.32 Å². The van der Waals surface area contributed by atoms with Crippen LogP contribution in [0.25, 0.3) is 0 Å². The first-order valence-corrected chi connectivity index (χ1v) is 5.86. The van der Waals surface area contributed by atoms with Crippen LogP contribution >= 0.6 is 0 Å². The molecule has 1 N–H and O–H groups in total. The van der Waals surface area contributed by atoms with Gasteiger partial charge < -0.3 is 0 Å². The topological polar surface area (TPSA) is 12.0 Å². The fourth-order valence-electron chi connectivity index (χ4n) is 2.02. The molecule has 1 aliphatic heterocycles. The number of aryl methyl sites for hydroxylation is 2. The van der Waals surface area contributed by atoms with E-state index in [0.717, 1.165) is 5.32 Å². The van der Waals surface area contributed by atoms with Crippen LogP contribution in [-0.2, 0) is 6.42 Å². The molecule has 13 heavy (non-hydrogen) atoms. The molecular formula is C11H14NSe.